The third-order valence-corrected chi connectivity index (χ3v) is 5.62. The van der Waals surface area contributed by atoms with Crippen molar-refractivity contribution in [1.29, 1.82) is 0 Å². The van der Waals surface area contributed by atoms with E-state index in [-0.39, 0.29) is 11.0 Å². The highest BCUT2D eigenvalue weighted by molar-refractivity contribution is 7.14. The van der Waals surface area contributed by atoms with Crippen LogP contribution in [0.25, 0.3) is 16.9 Å². The molecular weight excluding hydrogens is 396 g/mol. The van der Waals surface area contributed by atoms with Gasteiger partial charge in [0.2, 0.25) is 0 Å². The van der Waals surface area contributed by atoms with Gasteiger partial charge in [0.15, 0.2) is 5.13 Å². The number of carbonyl (C=O) groups is 1. The average Bonchev–Trinajstić information content (AvgIpc) is 3.16. The van der Waals surface area contributed by atoms with E-state index in [1.165, 1.54) is 27.5 Å². The molecule has 7 heteroatoms. The van der Waals surface area contributed by atoms with Crippen molar-refractivity contribution in [3.05, 3.63) is 81.2 Å². The lowest BCUT2D eigenvalue weighted by Crippen LogP contribution is -2.26. The standard InChI is InChI=1S/C23H22N4O2S/c1-14-5-10-19-24-11-17(21(29)27(19)12-14)20(28)26-22-25-18(13-30-22)15-6-8-16(9-7-15)23(2,3)4/h5-13H,1-4H3,(H,25,26,28). The first-order valence-corrected chi connectivity index (χ1v) is 10.5. The maximum absolute atomic E-state index is 12.7. The topological polar surface area (TPSA) is 76.4 Å². The molecule has 4 rings (SSSR count). The van der Waals surface area contributed by atoms with Crippen LogP contribution in [-0.2, 0) is 5.41 Å². The van der Waals surface area contributed by atoms with Gasteiger partial charge in [-0.25, -0.2) is 9.97 Å². The molecule has 4 aromatic rings. The van der Waals surface area contributed by atoms with Gasteiger partial charge < -0.3 is 0 Å². The summed E-state index contributed by atoms with van der Waals surface area (Å²) in [6, 6.07) is 11.9. The highest BCUT2D eigenvalue weighted by Gasteiger charge is 2.16. The molecule has 1 N–H and O–H groups in total. The summed E-state index contributed by atoms with van der Waals surface area (Å²) in [4.78, 5) is 34.1. The maximum atomic E-state index is 12.7. The van der Waals surface area contributed by atoms with E-state index in [4.69, 9.17) is 0 Å². The van der Waals surface area contributed by atoms with Gasteiger partial charge in [0, 0.05) is 23.3 Å². The first kappa shape index (κ1) is 20.0. The van der Waals surface area contributed by atoms with Gasteiger partial charge in [0.25, 0.3) is 11.5 Å². The van der Waals surface area contributed by atoms with Gasteiger partial charge in [0.1, 0.15) is 11.2 Å². The van der Waals surface area contributed by atoms with E-state index in [9.17, 15) is 9.59 Å². The number of hydrogen-bond donors (Lipinski definition) is 1. The molecule has 0 spiro atoms. The van der Waals surface area contributed by atoms with Crippen molar-refractivity contribution < 1.29 is 4.79 Å². The summed E-state index contributed by atoms with van der Waals surface area (Å²) < 4.78 is 1.38. The van der Waals surface area contributed by atoms with Crippen molar-refractivity contribution in [2.45, 2.75) is 33.1 Å². The molecule has 0 atom stereocenters. The Morgan fingerprint density at radius 2 is 1.83 bits per heavy atom. The van der Waals surface area contributed by atoms with Gasteiger partial charge in [0.05, 0.1) is 5.69 Å². The summed E-state index contributed by atoms with van der Waals surface area (Å²) in [5.41, 5.74) is 4.06. The number of thiazole rings is 1. The van der Waals surface area contributed by atoms with Crippen LogP contribution >= 0.6 is 11.3 Å². The number of anilines is 1. The van der Waals surface area contributed by atoms with E-state index < -0.39 is 11.5 Å². The highest BCUT2D eigenvalue weighted by Crippen LogP contribution is 2.28. The molecule has 152 valence electrons. The van der Waals surface area contributed by atoms with Crippen LogP contribution in [0.5, 0.6) is 0 Å². The van der Waals surface area contributed by atoms with E-state index in [1.807, 2.05) is 30.5 Å². The van der Waals surface area contributed by atoms with E-state index in [2.05, 4.69) is 48.2 Å². The SMILES string of the molecule is Cc1ccc2ncc(C(=O)Nc3nc(-c4ccc(C(C)(C)C)cc4)cs3)c(=O)n2c1. The van der Waals surface area contributed by atoms with Crippen LogP contribution in [0, 0.1) is 6.92 Å². The number of nitrogens with one attached hydrogen (secondary N) is 1. The Balaban J connectivity index is 1.57. The molecule has 0 bridgehead atoms. The number of nitrogens with zero attached hydrogens (tertiary/aromatic N) is 3. The minimum Gasteiger partial charge on any atom is -0.298 e. The second-order valence-electron chi connectivity index (χ2n) is 8.23. The van der Waals surface area contributed by atoms with Gasteiger partial charge in [-0.1, -0.05) is 51.1 Å². The summed E-state index contributed by atoms with van der Waals surface area (Å²) in [6.45, 7) is 8.39. The largest absolute Gasteiger partial charge is 0.298 e. The average molecular weight is 419 g/mol. The minimum absolute atomic E-state index is 0.0237. The smallest absolute Gasteiger partial charge is 0.270 e. The lowest BCUT2D eigenvalue weighted by atomic mass is 9.86. The van der Waals surface area contributed by atoms with Crippen molar-refractivity contribution in [2.75, 3.05) is 5.32 Å². The number of benzene rings is 1. The van der Waals surface area contributed by atoms with Gasteiger partial charge in [-0.15, -0.1) is 11.3 Å². The van der Waals surface area contributed by atoms with Crippen molar-refractivity contribution in [3.8, 4) is 11.3 Å². The molecule has 0 aliphatic carbocycles. The van der Waals surface area contributed by atoms with Gasteiger partial charge in [-0.2, -0.15) is 0 Å². The predicted molar refractivity (Wildman–Crippen MR) is 120 cm³/mol. The fourth-order valence-corrected chi connectivity index (χ4v) is 3.82. The number of carbonyl (C=O) groups excluding carboxylic acids is 1. The number of aryl methyl sites for hydroxylation is 1. The monoisotopic (exact) mass is 418 g/mol. The Morgan fingerprint density at radius 3 is 2.53 bits per heavy atom. The van der Waals surface area contributed by atoms with Crippen molar-refractivity contribution in [3.63, 3.8) is 0 Å². The van der Waals surface area contributed by atoms with E-state index >= 15 is 0 Å². The number of amides is 1. The number of pyridine rings is 1. The predicted octanol–water partition coefficient (Wildman–Crippen LogP) is 4.68. The molecule has 1 aromatic carbocycles. The fourth-order valence-electron chi connectivity index (χ4n) is 3.11. The molecule has 30 heavy (non-hydrogen) atoms. The molecule has 0 aliphatic rings. The van der Waals surface area contributed by atoms with Crippen LogP contribution in [-0.4, -0.2) is 20.3 Å². The third-order valence-electron chi connectivity index (χ3n) is 4.87. The molecule has 6 nitrogen and oxygen atoms in total. The first-order valence-electron chi connectivity index (χ1n) is 9.58. The molecule has 0 radical (unpaired) electrons. The molecular formula is C23H22N4O2S. The van der Waals surface area contributed by atoms with Crippen LogP contribution < -0.4 is 10.9 Å². The van der Waals surface area contributed by atoms with Gasteiger partial charge in [-0.05, 0) is 29.5 Å². The Morgan fingerprint density at radius 1 is 1.10 bits per heavy atom. The van der Waals surface area contributed by atoms with Crippen molar-refractivity contribution in [2.24, 2.45) is 0 Å². The van der Waals surface area contributed by atoms with Crippen LogP contribution in [0.3, 0.4) is 0 Å². The first-order chi connectivity index (χ1) is 14.2. The minimum atomic E-state index is -0.521. The van der Waals surface area contributed by atoms with E-state index in [0.717, 1.165) is 16.8 Å². The van der Waals surface area contributed by atoms with Crippen LogP contribution in [0.1, 0.15) is 42.3 Å². The van der Waals surface area contributed by atoms with E-state index in [1.54, 1.807) is 12.3 Å². The van der Waals surface area contributed by atoms with Crippen LogP contribution in [0.15, 0.2) is 59.0 Å². The van der Waals surface area contributed by atoms with Gasteiger partial charge >= 0.3 is 0 Å². The molecule has 1 amide bonds. The quantitative estimate of drug-likeness (QED) is 0.524. The van der Waals surface area contributed by atoms with Crippen molar-refractivity contribution in [1.82, 2.24) is 14.4 Å². The Bertz CT molecular complexity index is 1300. The molecule has 0 unspecified atom stereocenters. The van der Waals surface area contributed by atoms with Crippen molar-refractivity contribution >= 4 is 28.0 Å². The lowest BCUT2D eigenvalue weighted by molar-refractivity contribution is 0.102. The lowest BCUT2D eigenvalue weighted by Gasteiger charge is -2.18. The second-order valence-corrected chi connectivity index (χ2v) is 9.09. The number of hydrogen-bond acceptors (Lipinski definition) is 5. The molecule has 0 saturated carbocycles. The Labute approximate surface area is 178 Å². The molecule has 0 aliphatic heterocycles. The second kappa shape index (κ2) is 7.50. The summed E-state index contributed by atoms with van der Waals surface area (Å²) in [5, 5.41) is 5.04. The highest BCUT2D eigenvalue weighted by atomic mass is 32.1. The molecule has 3 aromatic heterocycles. The number of fused-ring (bicyclic) bond motifs is 1. The zero-order valence-corrected chi connectivity index (χ0v) is 18.1. The Hall–Kier alpha value is -3.32. The zero-order chi connectivity index (χ0) is 21.5. The molecule has 0 saturated heterocycles. The summed E-state index contributed by atoms with van der Waals surface area (Å²) >= 11 is 1.32. The fraction of sp³-hybridized carbons (Fsp3) is 0.217. The van der Waals surface area contributed by atoms with E-state index in [0.29, 0.717) is 10.8 Å². The molecule has 3 heterocycles. The normalized spacial score (nSPS) is 11.6. The summed E-state index contributed by atoms with van der Waals surface area (Å²) in [7, 11) is 0. The zero-order valence-electron chi connectivity index (χ0n) is 17.3. The molecule has 0 fully saturated rings. The number of rotatable bonds is 3. The van der Waals surface area contributed by atoms with Crippen LogP contribution in [0.4, 0.5) is 5.13 Å². The Kier molecular flexibility index (Phi) is 4.99. The van der Waals surface area contributed by atoms with Gasteiger partial charge in [-0.3, -0.25) is 19.3 Å². The summed E-state index contributed by atoms with van der Waals surface area (Å²) in [6.07, 6.45) is 2.98. The van der Waals surface area contributed by atoms with Crippen LogP contribution in [0.2, 0.25) is 0 Å². The maximum Gasteiger partial charge on any atom is 0.270 e. The number of aromatic nitrogens is 3. The summed E-state index contributed by atoms with van der Waals surface area (Å²) in [5.74, 6) is -0.521. The third kappa shape index (κ3) is 3.89.